The van der Waals surface area contributed by atoms with Crippen LogP contribution >= 0.6 is 11.6 Å². The minimum absolute atomic E-state index is 0.0265. The Balaban J connectivity index is 1.76. The number of pyridine rings is 1. The first-order valence-electron chi connectivity index (χ1n) is 7.73. The lowest BCUT2D eigenvalue weighted by Gasteiger charge is -2.25. The number of likely N-dealkylation sites (N-methyl/N-ethyl adjacent to an activating group) is 2. The monoisotopic (exact) mass is 319 g/mol. The van der Waals surface area contributed by atoms with Crippen LogP contribution in [0.5, 0.6) is 0 Å². The number of rotatable bonds is 4. The van der Waals surface area contributed by atoms with Gasteiger partial charge in [0.1, 0.15) is 0 Å². The summed E-state index contributed by atoms with van der Waals surface area (Å²) >= 11 is 5.97. The summed E-state index contributed by atoms with van der Waals surface area (Å²) in [6.45, 7) is 2.84. The van der Waals surface area contributed by atoms with Crippen LogP contribution in [0.25, 0.3) is 10.9 Å². The fraction of sp³-hybridized carbons (Fsp3) is 0.471. The van der Waals surface area contributed by atoms with E-state index in [0.29, 0.717) is 17.6 Å². The zero-order chi connectivity index (χ0) is 15.7. The molecule has 4 nitrogen and oxygen atoms in total. The predicted octanol–water partition coefficient (Wildman–Crippen LogP) is 2.71. The molecule has 1 aliphatic heterocycles. The summed E-state index contributed by atoms with van der Waals surface area (Å²) in [6, 6.07) is 8.16. The Morgan fingerprint density at radius 3 is 2.95 bits per heavy atom. The maximum atomic E-state index is 12.2. The number of nitrogens with one attached hydrogen (secondary N) is 1. The summed E-state index contributed by atoms with van der Waals surface area (Å²) < 4.78 is 0. The van der Waals surface area contributed by atoms with Gasteiger partial charge in [0.05, 0.1) is 0 Å². The molecule has 1 atom stereocenters. The number of likely N-dealkylation sites (tertiary alicyclic amines) is 1. The highest BCUT2D eigenvalue weighted by atomic mass is 35.5. The zero-order valence-corrected chi connectivity index (χ0v) is 13.9. The molecule has 0 amide bonds. The van der Waals surface area contributed by atoms with Crippen molar-refractivity contribution in [2.24, 2.45) is 0 Å². The first kappa shape index (κ1) is 15.5. The van der Waals surface area contributed by atoms with Crippen molar-refractivity contribution in [3.8, 4) is 0 Å². The lowest BCUT2D eigenvalue weighted by molar-refractivity contribution is 0.215. The third-order valence-corrected chi connectivity index (χ3v) is 4.75. The molecule has 0 bridgehead atoms. The molecule has 0 unspecified atom stereocenters. The standard InChI is InChI=1S/C17H22ClN3O/c1-20(11-15-4-3-7-21(15)2)10-13-8-12-5-6-14(18)9-16(12)19-17(13)22/h5-6,8-9,15H,3-4,7,10-11H2,1-2H3,(H,19,22)/t15-/m0/s1. The molecule has 1 aromatic heterocycles. The van der Waals surface area contributed by atoms with E-state index in [4.69, 9.17) is 11.6 Å². The summed E-state index contributed by atoms with van der Waals surface area (Å²) in [5.74, 6) is 0. The maximum Gasteiger partial charge on any atom is 0.252 e. The average molecular weight is 320 g/mol. The van der Waals surface area contributed by atoms with Crippen molar-refractivity contribution in [1.82, 2.24) is 14.8 Å². The van der Waals surface area contributed by atoms with E-state index in [-0.39, 0.29) is 5.56 Å². The Hall–Kier alpha value is -1.36. The second kappa shape index (κ2) is 6.41. The average Bonchev–Trinajstić information content (AvgIpc) is 2.85. The van der Waals surface area contributed by atoms with Gasteiger partial charge in [-0.1, -0.05) is 17.7 Å². The van der Waals surface area contributed by atoms with Crippen molar-refractivity contribution in [2.45, 2.75) is 25.4 Å². The third-order valence-electron chi connectivity index (χ3n) is 4.52. The molecule has 3 rings (SSSR count). The van der Waals surface area contributed by atoms with Crippen LogP contribution in [0, 0.1) is 0 Å². The molecule has 0 saturated carbocycles. The number of halogens is 1. The Morgan fingerprint density at radius 1 is 1.41 bits per heavy atom. The van der Waals surface area contributed by atoms with Crippen molar-refractivity contribution in [1.29, 1.82) is 0 Å². The second-order valence-corrected chi connectivity index (χ2v) is 6.77. The van der Waals surface area contributed by atoms with Gasteiger partial charge in [0, 0.05) is 35.2 Å². The molecule has 1 N–H and O–H groups in total. The van der Waals surface area contributed by atoms with E-state index < -0.39 is 0 Å². The molecule has 0 aliphatic carbocycles. The molecule has 1 aromatic carbocycles. The summed E-state index contributed by atoms with van der Waals surface area (Å²) in [7, 11) is 4.26. The molecule has 22 heavy (non-hydrogen) atoms. The van der Waals surface area contributed by atoms with Gasteiger partial charge in [0.2, 0.25) is 0 Å². The van der Waals surface area contributed by atoms with Gasteiger partial charge in [-0.2, -0.15) is 0 Å². The minimum Gasteiger partial charge on any atom is -0.322 e. The van der Waals surface area contributed by atoms with Crippen LogP contribution in [0.4, 0.5) is 0 Å². The molecule has 2 aromatic rings. The molecule has 2 heterocycles. The van der Waals surface area contributed by atoms with Crippen LogP contribution in [-0.4, -0.2) is 48.0 Å². The van der Waals surface area contributed by atoms with Gasteiger partial charge >= 0.3 is 0 Å². The third kappa shape index (κ3) is 3.35. The number of nitrogens with zero attached hydrogens (tertiary/aromatic N) is 2. The van der Waals surface area contributed by atoms with Crippen molar-refractivity contribution in [2.75, 3.05) is 27.2 Å². The molecular weight excluding hydrogens is 298 g/mol. The summed E-state index contributed by atoms with van der Waals surface area (Å²) in [5, 5.41) is 1.66. The molecule has 1 aliphatic rings. The highest BCUT2D eigenvalue weighted by molar-refractivity contribution is 6.31. The number of fused-ring (bicyclic) bond motifs is 1. The molecule has 118 valence electrons. The predicted molar refractivity (Wildman–Crippen MR) is 91.6 cm³/mol. The lowest BCUT2D eigenvalue weighted by Crippen LogP contribution is -2.37. The highest BCUT2D eigenvalue weighted by Gasteiger charge is 2.22. The van der Waals surface area contributed by atoms with Gasteiger partial charge in [-0.25, -0.2) is 0 Å². The van der Waals surface area contributed by atoms with Gasteiger partial charge in [-0.05, 0) is 57.1 Å². The van der Waals surface area contributed by atoms with Crippen molar-refractivity contribution in [3.63, 3.8) is 0 Å². The van der Waals surface area contributed by atoms with Gasteiger partial charge < -0.3 is 14.8 Å². The quantitative estimate of drug-likeness (QED) is 0.942. The van der Waals surface area contributed by atoms with Gasteiger partial charge in [-0.15, -0.1) is 0 Å². The normalized spacial score (nSPS) is 19.4. The van der Waals surface area contributed by atoms with E-state index >= 15 is 0 Å². The Kier molecular flexibility index (Phi) is 4.52. The maximum absolute atomic E-state index is 12.2. The van der Waals surface area contributed by atoms with Gasteiger partial charge in [0.25, 0.3) is 5.56 Å². The van der Waals surface area contributed by atoms with E-state index in [1.807, 2.05) is 18.2 Å². The zero-order valence-electron chi connectivity index (χ0n) is 13.1. The van der Waals surface area contributed by atoms with Crippen molar-refractivity contribution < 1.29 is 0 Å². The van der Waals surface area contributed by atoms with Crippen LogP contribution < -0.4 is 5.56 Å². The number of aromatic nitrogens is 1. The second-order valence-electron chi connectivity index (χ2n) is 6.33. The fourth-order valence-electron chi connectivity index (χ4n) is 3.26. The van der Waals surface area contributed by atoms with E-state index in [2.05, 4.69) is 28.9 Å². The molecule has 0 radical (unpaired) electrons. The SMILES string of the molecule is CN(Cc1cc2ccc(Cl)cc2[nH]c1=O)C[C@@H]1CCCN1C. The summed E-state index contributed by atoms with van der Waals surface area (Å²) in [6.07, 6.45) is 2.51. The minimum atomic E-state index is -0.0265. The van der Waals surface area contributed by atoms with E-state index in [0.717, 1.165) is 23.0 Å². The Labute approximate surface area is 135 Å². The van der Waals surface area contributed by atoms with Gasteiger partial charge in [-0.3, -0.25) is 4.79 Å². The van der Waals surface area contributed by atoms with Crippen LogP contribution in [0.2, 0.25) is 5.02 Å². The summed E-state index contributed by atoms with van der Waals surface area (Å²) in [5.41, 5.74) is 1.57. The number of hydrogen-bond donors (Lipinski definition) is 1. The van der Waals surface area contributed by atoms with Crippen LogP contribution in [-0.2, 0) is 6.54 Å². The lowest BCUT2D eigenvalue weighted by atomic mass is 10.1. The van der Waals surface area contributed by atoms with Crippen LogP contribution in [0.1, 0.15) is 18.4 Å². The van der Waals surface area contributed by atoms with Crippen molar-refractivity contribution >= 4 is 22.5 Å². The Morgan fingerprint density at radius 2 is 2.23 bits per heavy atom. The Bertz CT molecular complexity index is 727. The topological polar surface area (TPSA) is 39.3 Å². The first-order valence-corrected chi connectivity index (χ1v) is 8.11. The number of benzene rings is 1. The number of hydrogen-bond acceptors (Lipinski definition) is 3. The largest absolute Gasteiger partial charge is 0.322 e. The smallest absolute Gasteiger partial charge is 0.252 e. The van der Waals surface area contributed by atoms with Crippen molar-refractivity contribution in [3.05, 3.63) is 45.2 Å². The first-order chi connectivity index (χ1) is 10.5. The molecule has 0 spiro atoms. The molecule has 1 saturated heterocycles. The van der Waals surface area contributed by atoms with Gasteiger partial charge in [0.15, 0.2) is 0 Å². The molecule has 5 heteroatoms. The number of aromatic amines is 1. The fourth-order valence-corrected chi connectivity index (χ4v) is 3.43. The van der Waals surface area contributed by atoms with E-state index in [1.165, 1.54) is 19.4 Å². The molecular formula is C17H22ClN3O. The highest BCUT2D eigenvalue weighted by Crippen LogP contribution is 2.18. The number of H-pyrrole nitrogens is 1. The molecule has 1 fully saturated rings. The van der Waals surface area contributed by atoms with E-state index in [1.54, 1.807) is 6.07 Å². The van der Waals surface area contributed by atoms with E-state index in [9.17, 15) is 4.79 Å². The van der Waals surface area contributed by atoms with Crippen LogP contribution in [0.3, 0.4) is 0 Å². The summed E-state index contributed by atoms with van der Waals surface area (Å²) in [4.78, 5) is 19.8. The van der Waals surface area contributed by atoms with Crippen LogP contribution in [0.15, 0.2) is 29.1 Å².